The number of benzene rings is 1. The van der Waals surface area contributed by atoms with E-state index in [1.165, 1.54) is 5.56 Å². The van der Waals surface area contributed by atoms with Crippen molar-refractivity contribution in [2.45, 2.75) is 24.6 Å². The number of amides is 1. The molecule has 7 heteroatoms. The molecular weight excluding hydrogens is 290 g/mol. The van der Waals surface area contributed by atoms with Crippen LogP contribution in [0.25, 0.3) is 0 Å². The number of hydrogen-bond acceptors (Lipinski definition) is 4. The number of nitrogens with one attached hydrogen (secondary N) is 1. The largest absolute Gasteiger partial charge is 0.341 e. The van der Waals surface area contributed by atoms with Crippen molar-refractivity contribution < 1.29 is 13.2 Å². The van der Waals surface area contributed by atoms with Gasteiger partial charge in [0.2, 0.25) is 15.9 Å². The van der Waals surface area contributed by atoms with E-state index in [9.17, 15) is 13.2 Å². The van der Waals surface area contributed by atoms with Crippen molar-refractivity contribution in [2.24, 2.45) is 5.14 Å². The molecule has 21 heavy (non-hydrogen) atoms. The predicted molar refractivity (Wildman–Crippen MR) is 80.9 cm³/mol. The van der Waals surface area contributed by atoms with E-state index in [2.05, 4.69) is 5.32 Å². The average Bonchev–Trinajstić information content (AvgIpc) is 2.81. The van der Waals surface area contributed by atoms with Crippen LogP contribution in [0.1, 0.15) is 18.4 Å². The van der Waals surface area contributed by atoms with Crippen molar-refractivity contribution in [3.8, 4) is 0 Å². The highest BCUT2D eigenvalue weighted by molar-refractivity contribution is 7.89. The summed E-state index contributed by atoms with van der Waals surface area (Å²) >= 11 is 0. The smallest absolute Gasteiger partial charge is 0.224 e. The van der Waals surface area contributed by atoms with Crippen LogP contribution in [0, 0.1) is 0 Å². The predicted octanol–water partition coefficient (Wildman–Crippen LogP) is 0.0557. The summed E-state index contributed by atoms with van der Waals surface area (Å²) in [6, 6.07) is 10.1. The third-order valence-corrected chi connectivity index (χ3v) is 4.84. The third kappa shape index (κ3) is 4.80. The molecule has 6 nitrogen and oxygen atoms in total. The Morgan fingerprint density at radius 2 is 2.00 bits per heavy atom. The molecule has 1 aromatic rings. The third-order valence-electron chi connectivity index (χ3n) is 3.60. The van der Waals surface area contributed by atoms with E-state index >= 15 is 0 Å². The molecule has 1 amide bonds. The minimum Gasteiger partial charge on any atom is -0.341 e. The quantitative estimate of drug-likeness (QED) is 0.696. The van der Waals surface area contributed by atoms with Gasteiger partial charge in [-0.15, -0.1) is 0 Å². The zero-order chi connectivity index (χ0) is 15.3. The molecule has 1 atom stereocenters. The normalized spacial score (nSPS) is 19.2. The molecule has 0 saturated carbocycles. The van der Waals surface area contributed by atoms with Crippen LogP contribution in [0.2, 0.25) is 0 Å². The van der Waals surface area contributed by atoms with E-state index in [0.717, 1.165) is 19.5 Å². The molecule has 1 heterocycles. The lowest BCUT2D eigenvalue weighted by molar-refractivity contribution is -0.127. The van der Waals surface area contributed by atoms with E-state index in [1.807, 2.05) is 30.3 Å². The second-order valence-corrected chi connectivity index (χ2v) is 7.12. The molecule has 0 spiro atoms. The zero-order valence-electron chi connectivity index (χ0n) is 11.9. The van der Waals surface area contributed by atoms with Crippen molar-refractivity contribution in [1.82, 2.24) is 10.2 Å². The molecule has 1 aliphatic heterocycles. The summed E-state index contributed by atoms with van der Waals surface area (Å²) < 4.78 is 22.5. The number of rotatable bonds is 7. The summed E-state index contributed by atoms with van der Waals surface area (Å²) in [6.07, 6.45) is 0.798. The van der Waals surface area contributed by atoms with Gasteiger partial charge in [0.05, 0.1) is 0 Å². The highest BCUT2D eigenvalue weighted by Crippen LogP contribution is 2.16. The zero-order valence-corrected chi connectivity index (χ0v) is 12.7. The first-order valence-corrected chi connectivity index (χ1v) is 8.62. The first-order valence-electron chi connectivity index (χ1n) is 7.01. The second-order valence-electron chi connectivity index (χ2n) is 5.27. The van der Waals surface area contributed by atoms with Gasteiger partial charge in [0.1, 0.15) is 5.25 Å². The number of likely N-dealkylation sites (tertiary alicyclic amines) is 1. The van der Waals surface area contributed by atoms with Gasteiger partial charge in [0, 0.05) is 26.1 Å². The van der Waals surface area contributed by atoms with Crippen molar-refractivity contribution >= 4 is 15.9 Å². The lowest BCUT2D eigenvalue weighted by Gasteiger charge is -2.16. The monoisotopic (exact) mass is 311 g/mol. The lowest BCUT2D eigenvalue weighted by Crippen LogP contribution is -2.33. The topological polar surface area (TPSA) is 92.5 Å². The van der Waals surface area contributed by atoms with E-state index < -0.39 is 15.3 Å². The Bertz CT molecular complexity index is 574. The number of nitrogens with zero attached hydrogens (tertiary/aromatic N) is 1. The molecule has 116 valence electrons. The number of sulfonamides is 1. The van der Waals surface area contributed by atoms with Gasteiger partial charge in [-0.05, 0) is 18.5 Å². The molecule has 2 rings (SSSR count). The molecule has 0 bridgehead atoms. The lowest BCUT2D eigenvalue weighted by atomic mass is 10.2. The second kappa shape index (κ2) is 7.02. The van der Waals surface area contributed by atoms with Crippen LogP contribution in [0.4, 0.5) is 0 Å². The van der Waals surface area contributed by atoms with Crippen molar-refractivity contribution in [2.75, 3.05) is 19.6 Å². The van der Waals surface area contributed by atoms with Gasteiger partial charge in [-0.1, -0.05) is 30.3 Å². The summed E-state index contributed by atoms with van der Waals surface area (Å²) in [4.78, 5) is 13.3. The molecule has 1 aliphatic rings. The Labute approximate surface area is 125 Å². The molecular formula is C14H21N3O3S. The number of carbonyl (C=O) groups excluding carboxylic acids is 1. The van der Waals surface area contributed by atoms with Gasteiger partial charge in [-0.3, -0.25) is 4.79 Å². The van der Waals surface area contributed by atoms with Crippen LogP contribution in [-0.2, 0) is 21.4 Å². The van der Waals surface area contributed by atoms with Crippen LogP contribution in [0.5, 0.6) is 0 Å². The highest BCUT2D eigenvalue weighted by Gasteiger charge is 2.35. The van der Waals surface area contributed by atoms with Crippen molar-refractivity contribution in [3.05, 3.63) is 35.9 Å². The molecule has 1 fully saturated rings. The Morgan fingerprint density at radius 1 is 1.29 bits per heavy atom. The van der Waals surface area contributed by atoms with Crippen molar-refractivity contribution in [3.63, 3.8) is 0 Å². The van der Waals surface area contributed by atoms with Gasteiger partial charge in [-0.25, -0.2) is 13.6 Å². The van der Waals surface area contributed by atoms with Gasteiger partial charge in [0.15, 0.2) is 0 Å². The Kier molecular flexibility index (Phi) is 5.33. The van der Waals surface area contributed by atoms with Gasteiger partial charge in [0.25, 0.3) is 0 Å². The van der Waals surface area contributed by atoms with Crippen molar-refractivity contribution in [1.29, 1.82) is 0 Å². The Hall–Kier alpha value is -1.44. The summed E-state index contributed by atoms with van der Waals surface area (Å²) in [7, 11) is -3.62. The van der Waals surface area contributed by atoms with E-state index in [1.54, 1.807) is 4.90 Å². The SMILES string of the molecule is NS(=O)(=O)C1CC(=O)N(CCCNCc2ccccc2)C1. The van der Waals surface area contributed by atoms with Crippen LogP contribution >= 0.6 is 0 Å². The summed E-state index contributed by atoms with van der Waals surface area (Å²) in [5.74, 6) is -0.128. The van der Waals surface area contributed by atoms with E-state index in [0.29, 0.717) is 6.54 Å². The maximum absolute atomic E-state index is 11.7. The summed E-state index contributed by atoms with van der Waals surface area (Å²) in [5, 5.41) is 7.64. The van der Waals surface area contributed by atoms with Crippen LogP contribution in [0.3, 0.4) is 0 Å². The number of nitrogens with two attached hydrogens (primary N) is 1. The molecule has 0 aliphatic carbocycles. The van der Waals surface area contributed by atoms with E-state index in [-0.39, 0.29) is 18.9 Å². The molecule has 0 radical (unpaired) electrons. The number of primary sulfonamides is 1. The maximum Gasteiger partial charge on any atom is 0.224 e. The minimum atomic E-state index is -3.62. The molecule has 3 N–H and O–H groups in total. The molecule has 1 unspecified atom stereocenters. The summed E-state index contributed by atoms with van der Waals surface area (Å²) in [6.45, 7) is 2.34. The summed E-state index contributed by atoms with van der Waals surface area (Å²) in [5.41, 5.74) is 1.21. The molecule has 0 aromatic heterocycles. The minimum absolute atomic E-state index is 0.0102. The van der Waals surface area contributed by atoms with Gasteiger partial charge in [-0.2, -0.15) is 0 Å². The Morgan fingerprint density at radius 3 is 2.62 bits per heavy atom. The first-order chi connectivity index (χ1) is 9.97. The van der Waals surface area contributed by atoms with E-state index in [4.69, 9.17) is 5.14 Å². The van der Waals surface area contributed by atoms with Gasteiger partial charge < -0.3 is 10.2 Å². The Balaban J connectivity index is 1.66. The van der Waals surface area contributed by atoms with Gasteiger partial charge >= 0.3 is 0 Å². The number of hydrogen-bond donors (Lipinski definition) is 2. The standard InChI is InChI=1S/C14H21N3O3S/c15-21(19,20)13-9-14(18)17(11-13)8-4-7-16-10-12-5-2-1-3-6-12/h1-3,5-6,13,16H,4,7-11H2,(H2,15,19,20). The van der Waals surface area contributed by atoms with Crippen LogP contribution in [0.15, 0.2) is 30.3 Å². The highest BCUT2D eigenvalue weighted by atomic mass is 32.2. The average molecular weight is 311 g/mol. The van der Waals surface area contributed by atoms with Crippen LogP contribution < -0.4 is 10.5 Å². The fourth-order valence-electron chi connectivity index (χ4n) is 2.40. The van der Waals surface area contributed by atoms with Crippen LogP contribution in [-0.4, -0.2) is 44.1 Å². The molecule has 1 saturated heterocycles. The fraction of sp³-hybridized carbons (Fsp3) is 0.500. The number of carbonyl (C=O) groups is 1. The molecule has 1 aromatic carbocycles. The first kappa shape index (κ1) is 15.9. The fourth-order valence-corrected chi connectivity index (χ4v) is 3.16. The maximum atomic E-state index is 11.7.